The molecule has 2 aromatic rings. The Hall–Kier alpha value is -3.40. The lowest BCUT2D eigenvalue weighted by molar-refractivity contribution is -0.142. The molecule has 0 unspecified atom stereocenters. The number of rotatable bonds is 4. The Morgan fingerprint density at radius 1 is 1.00 bits per heavy atom. The molecule has 1 aromatic heterocycles. The van der Waals surface area contributed by atoms with Gasteiger partial charge in [0.05, 0.1) is 22.5 Å². The first kappa shape index (κ1) is 17.4. The summed E-state index contributed by atoms with van der Waals surface area (Å²) in [6, 6.07) is 8.28. The number of hydrogen-bond acceptors (Lipinski definition) is 7. The van der Waals surface area contributed by atoms with Crippen LogP contribution < -0.4 is 9.73 Å². The van der Waals surface area contributed by atoms with E-state index >= 15 is 0 Å². The molecule has 3 rings (SSSR count). The largest absolute Gasteiger partial charge is 0.323 e. The Bertz CT molecular complexity index is 1030. The van der Waals surface area contributed by atoms with Gasteiger partial charge in [-0.05, 0) is 43.3 Å². The Labute approximate surface area is 148 Å². The van der Waals surface area contributed by atoms with Crippen molar-refractivity contribution in [3.8, 4) is 0 Å². The van der Waals surface area contributed by atoms with E-state index in [0.29, 0.717) is 5.69 Å². The number of carbonyl (C=O) groups is 3. The quantitative estimate of drug-likeness (QED) is 0.789. The number of anilines is 2. The van der Waals surface area contributed by atoms with Crippen LogP contribution in [0.2, 0.25) is 0 Å². The predicted octanol–water partition coefficient (Wildman–Crippen LogP) is 0.743. The zero-order valence-electron chi connectivity index (χ0n) is 13.4. The molecule has 0 radical (unpaired) electrons. The van der Waals surface area contributed by atoms with Crippen molar-refractivity contribution in [3.05, 3.63) is 48.8 Å². The lowest BCUT2D eigenvalue weighted by Crippen LogP contribution is -2.44. The lowest BCUT2D eigenvalue weighted by atomic mass is 10.1. The molecule has 1 amide bonds. The van der Waals surface area contributed by atoms with E-state index in [0.717, 1.165) is 5.01 Å². The Morgan fingerprint density at radius 2 is 1.69 bits per heavy atom. The topological polar surface area (TPSA) is 126 Å². The summed E-state index contributed by atoms with van der Waals surface area (Å²) in [7, 11) is -3.85. The van der Waals surface area contributed by atoms with Gasteiger partial charge in [0, 0.05) is 6.20 Å². The molecule has 1 aromatic carbocycles. The molecule has 1 aliphatic heterocycles. The van der Waals surface area contributed by atoms with Gasteiger partial charge in [-0.15, -0.1) is 0 Å². The van der Waals surface area contributed by atoms with Crippen LogP contribution in [0.3, 0.4) is 0 Å². The molecule has 0 spiro atoms. The van der Waals surface area contributed by atoms with Crippen LogP contribution in [0.4, 0.5) is 11.4 Å². The first-order chi connectivity index (χ1) is 12.3. The highest BCUT2D eigenvalue weighted by Crippen LogP contribution is 2.22. The SMILES string of the molecule is CC1=NN(c2ccc(S(=O)(=O)Nc3cccnc3)cc2)C(=O)C(=O)C1=O. The molecule has 2 heterocycles. The molecule has 0 aliphatic carbocycles. The van der Waals surface area contributed by atoms with Gasteiger partial charge in [-0.25, -0.2) is 8.42 Å². The number of aromatic nitrogens is 1. The minimum absolute atomic E-state index is 0.0577. The van der Waals surface area contributed by atoms with Crippen molar-refractivity contribution in [1.29, 1.82) is 0 Å². The van der Waals surface area contributed by atoms with Gasteiger partial charge in [0.1, 0.15) is 5.71 Å². The van der Waals surface area contributed by atoms with E-state index in [9.17, 15) is 22.8 Å². The summed E-state index contributed by atoms with van der Waals surface area (Å²) in [5.41, 5.74) is 0.340. The molecule has 0 saturated heterocycles. The highest BCUT2D eigenvalue weighted by Gasteiger charge is 2.35. The molecule has 1 aliphatic rings. The van der Waals surface area contributed by atoms with Crippen LogP contribution in [0.5, 0.6) is 0 Å². The lowest BCUT2D eigenvalue weighted by Gasteiger charge is -2.20. The van der Waals surface area contributed by atoms with Gasteiger partial charge in [0.2, 0.25) is 0 Å². The van der Waals surface area contributed by atoms with E-state index in [-0.39, 0.29) is 16.3 Å². The van der Waals surface area contributed by atoms with Crippen molar-refractivity contribution in [2.45, 2.75) is 11.8 Å². The van der Waals surface area contributed by atoms with E-state index in [2.05, 4.69) is 14.8 Å². The number of amides is 1. The van der Waals surface area contributed by atoms with Crippen molar-refractivity contribution >= 4 is 44.6 Å². The van der Waals surface area contributed by atoms with E-state index in [4.69, 9.17) is 0 Å². The van der Waals surface area contributed by atoms with E-state index < -0.39 is 27.5 Å². The van der Waals surface area contributed by atoms with Gasteiger partial charge < -0.3 is 0 Å². The summed E-state index contributed by atoms with van der Waals surface area (Å²) in [5, 5.41) is 4.55. The van der Waals surface area contributed by atoms with Crippen LogP contribution in [-0.4, -0.2) is 36.6 Å². The number of ketones is 2. The van der Waals surface area contributed by atoms with Crippen LogP contribution in [0, 0.1) is 0 Å². The zero-order chi connectivity index (χ0) is 18.9. The second kappa shape index (κ2) is 6.48. The van der Waals surface area contributed by atoms with Crippen molar-refractivity contribution in [2.24, 2.45) is 5.10 Å². The summed E-state index contributed by atoms with van der Waals surface area (Å²) < 4.78 is 27.1. The molecule has 0 bridgehead atoms. The summed E-state index contributed by atoms with van der Waals surface area (Å²) >= 11 is 0. The van der Waals surface area contributed by atoms with Crippen molar-refractivity contribution in [2.75, 3.05) is 9.73 Å². The number of hydrazone groups is 1. The smallest absolute Gasteiger partial charge is 0.283 e. The molecule has 0 atom stereocenters. The number of Topliss-reactive ketones (excluding diaryl/α,β-unsaturated/α-hetero) is 2. The van der Waals surface area contributed by atoms with E-state index in [1.807, 2.05) is 0 Å². The minimum Gasteiger partial charge on any atom is -0.283 e. The van der Waals surface area contributed by atoms with Gasteiger partial charge in [-0.2, -0.15) is 10.1 Å². The van der Waals surface area contributed by atoms with Crippen molar-refractivity contribution < 1.29 is 22.8 Å². The fraction of sp³-hybridized carbons (Fsp3) is 0.0625. The van der Waals surface area contributed by atoms with Crippen molar-refractivity contribution in [3.63, 3.8) is 0 Å². The molecule has 1 N–H and O–H groups in total. The first-order valence-electron chi connectivity index (χ1n) is 7.31. The fourth-order valence-electron chi connectivity index (χ4n) is 2.18. The third kappa shape index (κ3) is 3.22. The van der Waals surface area contributed by atoms with Gasteiger partial charge in [-0.1, -0.05) is 0 Å². The fourth-order valence-corrected chi connectivity index (χ4v) is 3.22. The monoisotopic (exact) mass is 372 g/mol. The number of benzene rings is 1. The second-order valence-electron chi connectivity index (χ2n) is 5.30. The Balaban J connectivity index is 1.88. The van der Waals surface area contributed by atoms with Crippen LogP contribution in [0.25, 0.3) is 0 Å². The summed E-state index contributed by atoms with van der Waals surface area (Å²) in [6.45, 7) is 1.32. The summed E-state index contributed by atoms with van der Waals surface area (Å²) in [6.07, 6.45) is 2.87. The first-order valence-corrected chi connectivity index (χ1v) is 8.79. The molecule has 0 saturated carbocycles. The highest BCUT2D eigenvalue weighted by atomic mass is 32.2. The van der Waals surface area contributed by atoms with Crippen LogP contribution in [0.15, 0.2) is 58.8 Å². The molecule has 0 fully saturated rings. The maximum Gasteiger partial charge on any atom is 0.323 e. The highest BCUT2D eigenvalue weighted by molar-refractivity contribution is 7.92. The zero-order valence-corrected chi connectivity index (χ0v) is 14.2. The second-order valence-corrected chi connectivity index (χ2v) is 6.98. The number of nitrogens with zero attached hydrogens (tertiary/aromatic N) is 3. The Kier molecular flexibility index (Phi) is 4.34. The van der Waals surface area contributed by atoms with Gasteiger partial charge in [-0.3, -0.25) is 24.1 Å². The Morgan fingerprint density at radius 3 is 2.31 bits per heavy atom. The normalized spacial score (nSPS) is 15.0. The van der Waals surface area contributed by atoms with Gasteiger partial charge in [0.15, 0.2) is 0 Å². The number of hydrogen-bond donors (Lipinski definition) is 1. The predicted molar refractivity (Wildman–Crippen MR) is 92.1 cm³/mol. The van der Waals surface area contributed by atoms with Crippen molar-refractivity contribution in [1.82, 2.24) is 4.98 Å². The van der Waals surface area contributed by atoms with Crippen LogP contribution in [-0.2, 0) is 24.4 Å². The third-order valence-corrected chi connectivity index (χ3v) is 4.87. The average molecular weight is 372 g/mol. The standard InChI is InChI=1S/C16H12N4O5S/c1-10-14(21)15(22)16(23)20(18-10)12-4-6-13(7-5-12)26(24,25)19-11-3-2-8-17-9-11/h2-9,19H,1H3. The number of carbonyl (C=O) groups excluding carboxylic acids is 3. The molecular weight excluding hydrogens is 360 g/mol. The van der Waals surface area contributed by atoms with Gasteiger partial charge in [0.25, 0.3) is 21.6 Å². The minimum atomic E-state index is -3.85. The van der Waals surface area contributed by atoms with E-state index in [1.54, 1.807) is 12.1 Å². The van der Waals surface area contributed by atoms with Crippen LogP contribution in [0.1, 0.15) is 6.92 Å². The molecule has 10 heteroatoms. The van der Waals surface area contributed by atoms with Crippen LogP contribution >= 0.6 is 0 Å². The summed E-state index contributed by atoms with van der Waals surface area (Å²) in [4.78, 5) is 38.7. The molecule has 9 nitrogen and oxygen atoms in total. The average Bonchev–Trinajstić information content (AvgIpc) is 2.63. The molecular formula is C16H12N4O5S. The van der Waals surface area contributed by atoms with Gasteiger partial charge >= 0.3 is 5.91 Å². The maximum atomic E-state index is 12.4. The number of pyridine rings is 1. The summed E-state index contributed by atoms with van der Waals surface area (Å²) in [5.74, 6) is -3.23. The number of nitrogens with one attached hydrogen (secondary N) is 1. The molecule has 26 heavy (non-hydrogen) atoms. The van der Waals surface area contributed by atoms with E-state index in [1.165, 1.54) is 43.6 Å². The molecule has 132 valence electrons. The maximum absolute atomic E-state index is 12.4. The third-order valence-electron chi connectivity index (χ3n) is 3.48. The number of sulfonamides is 1.